The van der Waals surface area contributed by atoms with Gasteiger partial charge >= 0.3 is 6.18 Å². The van der Waals surface area contributed by atoms with Crippen LogP contribution in [0.5, 0.6) is 0 Å². The van der Waals surface area contributed by atoms with Crippen molar-refractivity contribution in [3.63, 3.8) is 0 Å². The highest BCUT2D eigenvalue weighted by Crippen LogP contribution is 2.26. The third-order valence-corrected chi connectivity index (χ3v) is 4.30. The van der Waals surface area contributed by atoms with Crippen LogP contribution in [0.15, 0.2) is 22.7 Å². The van der Waals surface area contributed by atoms with Crippen LogP contribution in [0.1, 0.15) is 52.2 Å². The van der Waals surface area contributed by atoms with E-state index in [9.17, 15) is 22.8 Å². The highest BCUT2D eigenvalue weighted by atomic mass is 19.4. The molecular weight excluding hydrogens is 375 g/mol. The normalized spacial score (nSPS) is 12.5. The van der Waals surface area contributed by atoms with Gasteiger partial charge in [0, 0.05) is 23.2 Å². The number of halogens is 3. The number of aromatic nitrogens is 1. The van der Waals surface area contributed by atoms with Gasteiger partial charge in [0.2, 0.25) is 5.91 Å². The van der Waals surface area contributed by atoms with Crippen LogP contribution in [0.25, 0.3) is 0 Å². The summed E-state index contributed by atoms with van der Waals surface area (Å²) in [5, 5.41) is 8.40. The Kier molecular flexibility index (Phi) is 6.48. The summed E-state index contributed by atoms with van der Waals surface area (Å²) < 4.78 is 41.9. The zero-order valence-corrected chi connectivity index (χ0v) is 16.0. The van der Waals surface area contributed by atoms with Crippen LogP contribution in [0, 0.1) is 20.8 Å². The van der Waals surface area contributed by atoms with Gasteiger partial charge in [0.1, 0.15) is 12.3 Å². The summed E-state index contributed by atoms with van der Waals surface area (Å²) in [6, 6.07) is 4.33. The molecule has 0 bridgehead atoms. The molecule has 1 aromatic heterocycles. The van der Waals surface area contributed by atoms with Crippen LogP contribution in [0.4, 0.5) is 18.9 Å². The molecule has 0 aliphatic carbocycles. The van der Waals surface area contributed by atoms with Crippen molar-refractivity contribution < 1.29 is 27.3 Å². The molecule has 2 N–H and O–H groups in total. The Labute approximate surface area is 160 Å². The van der Waals surface area contributed by atoms with E-state index in [1.807, 2.05) is 12.2 Å². The molecule has 6 nitrogen and oxygen atoms in total. The van der Waals surface area contributed by atoms with Crippen LogP contribution >= 0.6 is 0 Å². The third kappa shape index (κ3) is 5.58. The molecule has 0 spiro atoms. The Bertz CT molecular complexity index is 856. The smallest absolute Gasteiger partial charge is 0.361 e. The fraction of sp³-hybridized carbons (Fsp3) is 0.421. The zero-order chi connectivity index (χ0) is 21.1. The minimum Gasteiger partial charge on any atom is -0.361 e. The van der Waals surface area contributed by atoms with E-state index in [1.54, 1.807) is 26.8 Å². The number of hydrogen-bond donors (Lipinski definition) is 2. The molecule has 0 fully saturated rings. The summed E-state index contributed by atoms with van der Waals surface area (Å²) in [5.41, 5.74) is 2.68. The third-order valence-electron chi connectivity index (χ3n) is 4.30. The SMILES string of the molecule is Cc1ccc(C(=O)NCC(F)(F)F)cc1NC(=O)CC(C)c1c(C)noc1C. The first-order valence-electron chi connectivity index (χ1n) is 8.66. The van der Waals surface area contributed by atoms with E-state index in [4.69, 9.17) is 4.52 Å². The first kappa shape index (κ1) is 21.5. The van der Waals surface area contributed by atoms with Crippen LogP contribution in [-0.2, 0) is 4.79 Å². The minimum atomic E-state index is -4.49. The molecule has 1 heterocycles. The first-order chi connectivity index (χ1) is 13.0. The van der Waals surface area contributed by atoms with Gasteiger partial charge in [0.05, 0.1) is 5.69 Å². The zero-order valence-electron chi connectivity index (χ0n) is 16.0. The monoisotopic (exact) mass is 397 g/mol. The maximum absolute atomic E-state index is 12.4. The Morgan fingerprint density at radius 1 is 1.21 bits per heavy atom. The van der Waals surface area contributed by atoms with Crippen LogP contribution in [0.3, 0.4) is 0 Å². The summed E-state index contributed by atoms with van der Waals surface area (Å²) in [6.07, 6.45) is -4.33. The average molecular weight is 397 g/mol. The minimum absolute atomic E-state index is 0.0314. The van der Waals surface area contributed by atoms with E-state index >= 15 is 0 Å². The summed E-state index contributed by atoms with van der Waals surface area (Å²) in [5.74, 6) is -0.637. The van der Waals surface area contributed by atoms with Crippen LogP contribution in [0.2, 0.25) is 0 Å². The molecule has 2 aromatic rings. The summed E-state index contributed by atoms with van der Waals surface area (Å²) in [7, 11) is 0. The lowest BCUT2D eigenvalue weighted by Gasteiger charge is -2.14. The number of nitrogens with zero attached hydrogens (tertiary/aromatic N) is 1. The Morgan fingerprint density at radius 3 is 2.46 bits per heavy atom. The maximum Gasteiger partial charge on any atom is 0.405 e. The molecule has 0 aliphatic rings. The second kappa shape index (κ2) is 8.45. The van der Waals surface area contributed by atoms with Gasteiger partial charge in [0.25, 0.3) is 5.91 Å². The molecule has 1 aromatic carbocycles. The highest BCUT2D eigenvalue weighted by Gasteiger charge is 2.28. The molecule has 0 saturated carbocycles. The number of alkyl halides is 3. The molecule has 0 saturated heterocycles. The lowest BCUT2D eigenvalue weighted by atomic mass is 9.96. The summed E-state index contributed by atoms with van der Waals surface area (Å²) in [6.45, 7) is 5.76. The van der Waals surface area contributed by atoms with Gasteiger partial charge in [-0.1, -0.05) is 18.1 Å². The second-order valence-electron chi connectivity index (χ2n) is 6.72. The molecule has 0 aliphatic heterocycles. The van der Waals surface area contributed by atoms with Crippen molar-refractivity contribution in [1.29, 1.82) is 0 Å². The first-order valence-corrected chi connectivity index (χ1v) is 8.66. The van der Waals surface area contributed by atoms with E-state index in [0.29, 0.717) is 17.0 Å². The Morgan fingerprint density at radius 2 is 1.89 bits per heavy atom. The number of benzene rings is 1. The molecule has 28 heavy (non-hydrogen) atoms. The summed E-state index contributed by atoms with van der Waals surface area (Å²) in [4.78, 5) is 24.3. The lowest BCUT2D eigenvalue weighted by Crippen LogP contribution is -2.33. The van der Waals surface area contributed by atoms with E-state index in [2.05, 4.69) is 10.5 Å². The van der Waals surface area contributed by atoms with Crippen molar-refractivity contribution in [3.05, 3.63) is 46.3 Å². The van der Waals surface area contributed by atoms with Crippen LogP contribution < -0.4 is 10.6 Å². The van der Waals surface area contributed by atoms with E-state index in [1.165, 1.54) is 12.1 Å². The maximum atomic E-state index is 12.4. The topological polar surface area (TPSA) is 84.2 Å². The quantitative estimate of drug-likeness (QED) is 0.771. The van der Waals surface area contributed by atoms with Crippen molar-refractivity contribution in [3.8, 4) is 0 Å². The average Bonchev–Trinajstić information content (AvgIpc) is 2.92. The van der Waals surface area contributed by atoms with Gasteiger partial charge < -0.3 is 15.2 Å². The van der Waals surface area contributed by atoms with Gasteiger partial charge in [-0.3, -0.25) is 9.59 Å². The van der Waals surface area contributed by atoms with Gasteiger partial charge in [-0.2, -0.15) is 13.2 Å². The fourth-order valence-corrected chi connectivity index (χ4v) is 2.96. The molecule has 152 valence electrons. The van der Waals surface area contributed by atoms with Crippen molar-refractivity contribution in [1.82, 2.24) is 10.5 Å². The van der Waals surface area contributed by atoms with E-state index < -0.39 is 18.6 Å². The highest BCUT2D eigenvalue weighted by molar-refractivity contribution is 5.97. The predicted octanol–water partition coefficient (Wildman–Crippen LogP) is 4.02. The van der Waals surface area contributed by atoms with Crippen molar-refractivity contribution in [2.24, 2.45) is 0 Å². The van der Waals surface area contributed by atoms with Crippen LogP contribution in [-0.4, -0.2) is 29.7 Å². The van der Waals surface area contributed by atoms with Gasteiger partial charge in [0.15, 0.2) is 0 Å². The number of nitrogens with one attached hydrogen (secondary N) is 2. The number of carbonyl (C=O) groups excluding carboxylic acids is 2. The number of rotatable bonds is 6. The standard InChI is InChI=1S/C19H22F3N3O3/c1-10-5-6-14(18(27)23-9-19(20,21)22)8-15(10)24-16(26)7-11(2)17-12(3)25-28-13(17)4/h5-6,8,11H,7,9H2,1-4H3,(H,23,27)(H,24,26). The summed E-state index contributed by atoms with van der Waals surface area (Å²) >= 11 is 0. The number of amides is 2. The molecule has 2 amide bonds. The predicted molar refractivity (Wildman–Crippen MR) is 97.2 cm³/mol. The van der Waals surface area contributed by atoms with Crippen molar-refractivity contribution in [2.45, 2.75) is 46.2 Å². The molecule has 2 rings (SSSR count). The van der Waals surface area contributed by atoms with Crippen molar-refractivity contribution in [2.75, 3.05) is 11.9 Å². The largest absolute Gasteiger partial charge is 0.405 e. The Balaban J connectivity index is 2.06. The number of hydrogen-bond acceptors (Lipinski definition) is 4. The molecule has 1 atom stereocenters. The molecule has 9 heteroatoms. The fourth-order valence-electron chi connectivity index (χ4n) is 2.96. The number of carbonyl (C=O) groups is 2. The number of aryl methyl sites for hydroxylation is 3. The van der Waals surface area contributed by atoms with E-state index in [0.717, 1.165) is 11.3 Å². The van der Waals surface area contributed by atoms with E-state index in [-0.39, 0.29) is 23.8 Å². The van der Waals surface area contributed by atoms with Crippen molar-refractivity contribution >= 4 is 17.5 Å². The Hall–Kier alpha value is -2.84. The molecule has 1 unspecified atom stereocenters. The van der Waals surface area contributed by atoms with Gasteiger partial charge in [-0.05, 0) is 44.4 Å². The lowest BCUT2D eigenvalue weighted by molar-refractivity contribution is -0.123. The molecular formula is C19H22F3N3O3. The van der Waals surface area contributed by atoms with Gasteiger partial charge in [-0.15, -0.1) is 0 Å². The molecule has 0 radical (unpaired) electrons. The number of anilines is 1. The van der Waals surface area contributed by atoms with Gasteiger partial charge in [-0.25, -0.2) is 0 Å². The second-order valence-corrected chi connectivity index (χ2v) is 6.72.